The first-order valence-electron chi connectivity index (χ1n) is 7.67. The second-order valence-corrected chi connectivity index (χ2v) is 5.26. The number of carbonyl (C=O) groups is 3. The summed E-state index contributed by atoms with van der Waals surface area (Å²) in [5.74, 6) is -2.00. The van der Waals surface area contributed by atoms with Gasteiger partial charge in [-0.15, -0.1) is 0 Å². The van der Waals surface area contributed by atoms with Gasteiger partial charge in [0.1, 0.15) is 5.75 Å². The molecule has 134 valence electrons. The Morgan fingerprint density at radius 2 is 1.77 bits per heavy atom. The number of nitrogens with zero attached hydrogens (tertiary/aromatic N) is 1. The number of primary amides is 1. The molecule has 0 saturated carbocycles. The van der Waals surface area contributed by atoms with Crippen molar-refractivity contribution in [3.8, 4) is 5.75 Å². The van der Waals surface area contributed by atoms with E-state index in [0.29, 0.717) is 17.0 Å². The molecule has 0 fully saturated rings. The molecule has 0 spiro atoms. The van der Waals surface area contributed by atoms with Crippen LogP contribution < -0.4 is 21.2 Å². The van der Waals surface area contributed by atoms with Crippen LogP contribution in [0.2, 0.25) is 0 Å². The normalized spacial score (nSPS) is 10.3. The van der Waals surface area contributed by atoms with Crippen LogP contribution in [0.5, 0.6) is 5.75 Å². The Kier molecular flexibility index (Phi) is 6.44. The summed E-state index contributed by atoms with van der Waals surface area (Å²) in [5, 5.41) is 6.23. The van der Waals surface area contributed by atoms with Crippen molar-refractivity contribution in [1.82, 2.24) is 5.43 Å². The fourth-order valence-corrected chi connectivity index (χ4v) is 1.97. The summed E-state index contributed by atoms with van der Waals surface area (Å²) in [4.78, 5) is 34.5. The van der Waals surface area contributed by atoms with Gasteiger partial charge in [-0.2, -0.15) is 5.10 Å². The van der Waals surface area contributed by atoms with Gasteiger partial charge in [0.25, 0.3) is 5.91 Å². The Balaban J connectivity index is 1.95. The van der Waals surface area contributed by atoms with Crippen molar-refractivity contribution in [3.63, 3.8) is 0 Å². The predicted octanol–water partition coefficient (Wildman–Crippen LogP) is 0.948. The first kappa shape index (κ1) is 18.7. The second-order valence-electron chi connectivity index (χ2n) is 5.26. The summed E-state index contributed by atoms with van der Waals surface area (Å²) in [7, 11) is 0. The van der Waals surface area contributed by atoms with Gasteiger partial charge in [0, 0.05) is 11.3 Å². The van der Waals surface area contributed by atoms with E-state index < -0.39 is 17.7 Å². The van der Waals surface area contributed by atoms with Gasteiger partial charge in [-0.1, -0.05) is 30.3 Å². The Hall–Kier alpha value is -3.68. The van der Waals surface area contributed by atoms with E-state index in [-0.39, 0.29) is 6.61 Å². The van der Waals surface area contributed by atoms with Gasteiger partial charge in [-0.3, -0.25) is 14.4 Å². The number of carbonyl (C=O) groups excluding carboxylic acids is 3. The Morgan fingerprint density at radius 1 is 1.08 bits per heavy atom. The molecule has 2 rings (SSSR count). The summed E-state index contributed by atoms with van der Waals surface area (Å²) in [6.07, 6.45) is 1.30. The molecular formula is C18H18N4O4. The molecule has 26 heavy (non-hydrogen) atoms. The first-order valence-corrected chi connectivity index (χ1v) is 7.67. The molecule has 0 aliphatic heterocycles. The molecule has 0 saturated heterocycles. The second kappa shape index (κ2) is 8.97. The number of benzene rings is 2. The van der Waals surface area contributed by atoms with Crippen LogP contribution in [0.4, 0.5) is 5.69 Å². The molecule has 8 nitrogen and oxygen atoms in total. The number of aryl methyl sites for hydroxylation is 1. The minimum atomic E-state index is -0.917. The highest BCUT2D eigenvalue weighted by molar-refractivity contribution is 6.39. The van der Waals surface area contributed by atoms with Crippen LogP contribution in [-0.2, 0) is 14.4 Å². The highest BCUT2D eigenvalue weighted by Gasteiger charge is 2.13. The van der Waals surface area contributed by atoms with Gasteiger partial charge in [0.15, 0.2) is 6.61 Å². The van der Waals surface area contributed by atoms with Crippen molar-refractivity contribution in [2.45, 2.75) is 6.92 Å². The van der Waals surface area contributed by atoms with Crippen molar-refractivity contribution >= 4 is 29.6 Å². The lowest BCUT2D eigenvalue weighted by Gasteiger charge is -2.07. The van der Waals surface area contributed by atoms with Gasteiger partial charge < -0.3 is 15.8 Å². The molecule has 8 heteroatoms. The molecule has 0 radical (unpaired) electrons. The Morgan fingerprint density at radius 3 is 2.50 bits per heavy atom. The van der Waals surface area contributed by atoms with Crippen LogP contribution in [0.1, 0.15) is 11.1 Å². The van der Waals surface area contributed by atoms with E-state index in [9.17, 15) is 14.4 Å². The lowest BCUT2D eigenvalue weighted by atomic mass is 10.2. The van der Waals surface area contributed by atoms with Crippen molar-refractivity contribution in [2.75, 3.05) is 11.9 Å². The standard InChI is InChI=1S/C18H18N4O4/c1-12-6-2-4-8-14(12)21-17(24)18(25)22-20-10-13-7-3-5-9-15(13)26-11-16(19)23/h2-10H,11H2,1H3,(H2,19,23)(H,21,24)(H,22,25)/b20-10-. The smallest absolute Gasteiger partial charge is 0.329 e. The van der Waals surface area contributed by atoms with E-state index in [2.05, 4.69) is 15.8 Å². The third-order valence-electron chi connectivity index (χ3n) is 3.26. The van der Waals surface area contributed by atoms with Crippen LogP contribution >= 0.6 is 0 Å². The number of hydrogen-bond acceptors (Lipinski definition) is 5. The van der Waals surface area contributed by atoms with E-state index in [0.717, 1.165) is 5.56 Å². The zero-order valence-electron chi connectivity index (χ0n) is 14.1. The largest absolute Gasteiger partial charge is 0.483 e. The zero-order valence-corrected chi connectivity index (χ0v) is 14.1. The Bertz CT molecular complexity index is 849. The molecule has 0 aliphatic rings. The number of nitrogens with two attached hydrogens (primary N) is 1. The minimum absolute atomic E-state index is 0.282. The van der Waals surface area contributed by atoms with E-state index in [4.69, 9.17) is 10.5 Å². The number of anilines is 1. The molecule has 4 N–H and O–H groups in total. The summed E-state index contributed by atoms with van der Waals surface area (Å²) in [6, 6.07) is 13.8. The van der Waals surface area contributed by atoms with Crippen LogP contribution in [0.15, 0.2) is 53.6 Å². The van der Waals surface area contributed by atoms with Gasteiger partial charge >= 0.3 is 11.8 Å². The number of hydrogen-bond donors (Lipinski definition) is 3. The topological polar surface area (TPSA) is 123 Å². The fourth-order valence-electron chi connectivity index (χ4n) is 1.97. The maximum atomic E-state index is 11.9. The van der Waals surface area contributed by atoms with Gasteiger partial charge in [0.2, 0.25) is 0 Å². The van der Waals surface area contributed by atoms with Crippen molar-refractivity contribution < 1.29 is 19.1 Å². The number of amides is 3. The number of hydrazone groups is 1. The molecular weight excluding hydrogens is 336 g/mol. The molecule has 0 heterocycles. The number of nitrogens with one attached hydrogen (secondary N) is 2. The summed E-state index contributed by atoms with van der Waals surface area (Å²) in [6.45, 7) is 1.53. The molecule has 2 aromatic rings. The van der Waals surface area contributed by atoms with Gasteiger partial charge in [0.05, 0.1) is 6.21 Å². The number of rotatable bonds is 6. The quantitative estimate of drug-likeness (QED) is 0.406. The molecule has 0 bridgehead atoms. The molecule has 3 amide bonds. The monoisotopic (exact) mass is 354 g/mol. The van der Waals surface area contributed by atoms with E-state index >= 15 is 0 Å². The SMILES string of the molecule is Cc1ccccc1NC(=O)C(=O)N/N=C\c1ccccc1OCC(N)=O. The van der Waals surface area contributed by atoms with Crippen molar-refractivity contribution in [1.29, 1.82) is 0 Å². The summed E-state index contributed by atoms with van der Waals surface area (Å²) in [5.41, 5.74) is 9.05. The lowest BCUT2D eigenvalue weighted by Crippen LogP contribution is -2.32. The fraction of sp³-hybridized carbons (Fsp3) is 0.111. The molecule has 0 aromatic heterocycles. The lowest BCUT2D eigenvalue weighted by molar-refractivity contribution is -0.136. The Labute approximate surface area is 150 Å². The maximum absolute atomic E-state index is 11.9. The van der Waals surface area contributed by atoms with Crippen LogP contribution in [0.25, 0.3) is 0 Å². The zero-order chi connectivity index (χ0) is 18.9. The minimum Gasteiger partial charge on any atom is -0.483 e. The molecule has 0 aliphatic carbocycles. The summed E-state index contributed by atoms with van der Waals surface area (Å²) >= 11 is 0. The third-order valence-corrected chi connectivity index (χ3v) is 3.26. The van der Waals surface area contributed by atoms with E-state index in [1.807, 2.05) is 19.1 Å². The van der Waals surface area contributed by atoms with E-state index in [1.165, 1.54) is 6.21 Å². The highest BCUT2D eigenvalue weighted by Crippen LogP contribution is 2.15. The molecule has 0 unspecified atom stereocenters. The van der Waals surface area contributed by atoms with Crippen LogP contribution in [-0.4, -0.2) is 30.5 Å². The summed E-state index contributed by atoms with van der Waals surface area (Å²) < 4.78 is 5.24. The predicted molar refractivity (Wildman–Crippen MR) is 96.7 cm³/mol. The van der Waals surface area contributed by atoms with Crippen LogP contribution in [0, 0.1) is 6.92 Å². The highest BCUT2D eigenvalue weighted by atomic mass is 16.5. The molecule has 2 aromatic carbocycles. The van der Waals surface area contributed by atoms with E-state index in [1.54, 1.807) is 36.4 Å². The van der Waals surface area contributed by atoms with Crippen molar-refractivity contribution in [2.24, 2.45) is 10.8 Å². The number of ether oxygens (including phenoxy) is 1. The van der Waals surface area contributed by atoms with Gasteiger partial charge in [-0.05, 0) is 30.7 Å². The van der Waals surface area contributed by atoms with Crippen LogP contribution in [0.3, 0.4) is 0 Å². The number of para-hydroxylation sites is 2. The molecule has 0 atom stereocenters. The third kappa shape index (κ3) is 5.45. The first-order chi connectivity index (χ1) is 12.5. The maximum Gasteiger partial charge on any atom is 0.329 e. The van der Waals surface area contributed by atoms with Crippen molar-refractivity contribution in [3.05, 3.63) is 59.7 Å². The van der Waals surface area contributed by atoms with Gasteiger partial charge in [-0.25, -0.2) is 5.43 Å². The average molecular weight is 354 g/mol. The average Bonchev–Trinajstić information content (AvgIpc) is 2.62.